The molecular formula is C13H9Cl2N. The van der Waals surface area contributed by atoms with Crippen LogP contribution in [0.4, 0.5) is 5.69 Å². The molecule has 1 aliphatic carbocycles. The SMILES string of the molecule is Nc1cc(Cl)cc2c1-c1ccc(Cl)cc1C2. The summed E-state index contributed by atoms with van der Waals surface area (Å²) in [5.74, 6) is 0. The molecule has 1 aliphatic rings. The zero-order valence-electron chi connectivity index (χ0n) is 8.43. The Bertz CT molecular complexity index is 591. The van der Waals surface area contributed by atoms with Crippen LogP contribution in [0, 0.1) is 0 Å². The third kappa shape index (κ3) is 1.40. The van der Waals surface area contributed by atoms with Crippen LogP contribution in [0.25, 0.3) is 11.1 Å². The van der Waals surface area contributed by atoms with E-state index in [4.69, 9.17) is 28.9 Å². The normalized spacial score (nSPS) is 12.4. The first-order chi connectivity index (χ1) is 7.65. The fourth-order valence-corrected chi connectivity index (χ4v) is 2.76. The van der Waals surface area contributed by atoms with Gasteiger partial charge in [-0.15, -0.1) is 0 Å². The van der Waals surface area contributed by atoms with E-state index >= 15 is 0 Å². The summed E-state index contributed by atoms with van der Waals surface area (Å²) in [6.07, 6.45) is 0.857. The first kappa shape index (κ1) is 10.0. The minimum Gasteiger partial charge on any atom is -0.398 e. The van der Waals surface area contributed by atoms with E-state index in [2.05, 4.69) is 0 Å². The van der Waals surface area contributed by atoms with Crippen molar-refractivity contribution in [2.45, 2.75) is 6.42 Å². The molecule has 80 valence electrons. The number of anilines is 1. The van der Waals surface area contributed by atoms with E-state index in [0.717, 1.165) is 22.7 Å². The van der Waals surface area contributed by atoms with Crippen LogP contribution in [-0.4, -0.2) is 0 Å². The van der Waals surface area contributed by atoms with Gasteiger partial charge >= 0.3 is 0 Å². The van der Waals surface area contributed by atoms with Crippen LogP contribution in [-0.2, 0) is 6.42 Å². The highest BCUT2D eigenvalue weighted by Gasteiger charge is 2.21. The third-order valence-corrected chi connectivity index (χ3v) is 3.39. The quantitative estimate of drug-likeness (QED) is 0.596. The Morgan fingerprint density at radius 1 is 0.938 bits per heavy atom. The van der Waals surface area contributed by atoms with Gasteiger partial charge in [0.15, 0.2) is 0 Å². The Morgan fingerprint density at radius 3 is 2.50 bits per heavy atom. The van der Waals surface area contributed by atoms with Gasteiger partial charge in [0.25, 0.3) is 0 Å². The van der Waals surface area contributed by atoms with Gasteiger partial charge in [0.1, 0.15) is 0 Å². The first-order valence-corrected chi connectivity index (χ1v) is 5.77. The highest BCUT2D eigenvalue weighted by Crippen LogP contribution is 2.42. The predicted molar refractivity (Wildman–Crippen MR) is 69.1 cm³/mol. The summed E-state index contributed by atoms with van der Waals surface area (Å²) in [6, 6.07) is 9.67. The summed E-state index contributed by atoms with van der Waals surface area (Å²) in [5, 5.41) is 1.45. The molecule has 0 bridgehead atoms. The maximum absolute atomic E-state index is 6.01. The Labute approximate surface area is 104 Å². The lowest BCUT2D eigenvalue weighted by Gasteiger charge is -2.05. The second kappa shape index (κ2) is 3.41. The third-order valence-electron chi connectivity index (χ3n) is 2.93. The fraction of sp³-hybridized carbons (Fsp3) is 0.0769. The van der Waals surface area contributed by atoms with E-state index in [1.165, 1.54) is 16.7 Å². The molecule has 3 rings (SSSR count). The minimum atomic E-state index is 0.690. The molecular weight excluding hydrogens is 241 g/mol. The monoisotopic (exact) mass is 249 g/mol. The standard InChI is InChI=1S/C13H9Cl2N/c14-9-1-2-11-7(4-9)3-8-5-10(15)6-12(16)13(8)11/h1-2,4-6H,3,16H2. The second-order valence-electron chi connectivity index (χ2n) is 4.01. The van der Waals surface area contributed by atoms with Gasteiger partial charge in [0.2, 0.25) is 0 Å². The van der Waals surface area contributed by atoms with Crippen molar-refractivity contribution in [1.29, 1.82) is 0 Å². The largest absolute Gasteiger partial charge is 0.398 e. The highest BCUT2D eigenvalue weighted by atomic mass is 35.5. The summed E-state index contributed by atoms with van der Waals surface area (Å²) in [6.45, 7) is 0. The summed E-state index contributed by atoms with van der Waals surface area (Å²) in [5.41, 5.74) is 11.4. The van der Waals surface area contributed by atoms with Crippen LogP contribution in [0.15, 0.2) is 30.3 Å². The van der Waals surface area contributed by atoms with Crippen molar-refractivity contribution in [2.24, 2.45) is 0 Å². The van der Waals surface area contributed by atoms with E-state index in [-0.39, 0.29) is 0 Å². The number of halogens is 2. The van der Waals surface area contributed by atoms with Gasteiger partial charge in [0.05, 0.1) is 0 Å². The Morgan fingerprint density at radius 2 is 1.69 bits per heavy atom. The summed E-state index contributed by atoms with van der Waals surface area (Å²) in [4.78, 5) is 0. The number of nitrogens with two attached hydrogens (primary N) is 1. The molecule has 0 radical (unpaired) electrons. The molecule has 3 heteroatoms. The van der Waals surface area contributed by atoms with Crippen LogP contribution in [0.5, 0.6) is 0 Å². The molecule has 0 unspecified atom stereocenters. The van der Waals surface area contributed by atoms with Gasteiger partial charge in [-0.05, 0) is 47.4 Å². The average Bonchev–Trinajstić information content (AvgIpc) is 2.54. The van der Waals surface area contributed by atoms with Crippen molar-refractivity contribution in [3.63, 3.8) is 0 Å². The number of benzene rings is 2. The fourth-order valence-electron chi connectivity index (χ4n) is 2.31. The summed E-state index contributed by atoms with van der Waals surface area (Å²) >= 11 is 12.0. The van der Waals surface area contributed by atoms with Gasteiger partial charge in [-0.25, -0.2) is 0 Å². The zero-order valence-corrected chi connectivity index (χ0v) is 9.94. The molecule has 0 saturated heterocycles. The number of rotatable bonds is 0. The number of nitrogen functional groups attached to an aromatic ring is 1. The van der Waals surface area contributed by atoms with Gasteiger partial charge in [0, 0.05) is 21.3 Å². The molecule has 2 aromatic rings. The molecule has 0 heterocycles. The van der Waals surface area contributed by atoms with E-state index < -0.39 is 0 Å². The van der Waals surface area contributed by atoms with E-state index in [9.17, 15) is 0 Å². The number of fused-ring (bicyclic) bond motifs is 3. The van der Waals surface area contributed by atoms with E-state index in [1.807, 2.05) is 24.3 Å². The summed E-state index contributed by atoms with van der Waals surface area (Å²) < 4.78 is 0. The minimum absolute atomic E-state index is 0.690. The highest BCUT2D eigenvalue weighted by molar-refractivity contribution is 6.31. The van der Waals surface area contributed by atoms with Crippen LogP contribution < -0.4 is 5.73 Å². The Kier molecular flexibility index (Phi) is 2.13. The lowest BCUT2D eigenvalue weighted by Crippen LogP contribution is -1.90. The van der Waals surface area contributed by atoms with Gasteiger partial charge in [-0.3, -0.25) is 0 Å². The number of hydrogen-bond acceptors (Lipinski definition) is 1. The molecule has 2 N–H and O–H groups in total. The molecule has 0 atom stereocenters. The number of hydrogen-bond donors (Lipinski definition) is 1. The molecule has 2 aromatic carbocycles. The van der Waals surface area contributed by atoms with Crippen molar-refractivity contribution in [2.75, 3.05) is 5.73 Å². The topological polar surface area (TPSA) is 26.0 Å². The van der Waals surface area contributed by atoms with E-state index in [0.29, 0.717) is 5.02 Å². The molecule has 0 aliphatic heterocycles. The van der Waals surface area contributed by atoms with Crippen molar-refractivity contribution in [3.05, 3.63) is 51.5 Å². The second-order valence-corrected chi connectivity index (χ2v) is 4.88. The summed E-state index contributed by atoms with van der Waals surface area (Å²) in [7, 11) is 0. The molecule has 0 fully saturated rings. The van der Waals surface area contributed by atoms with Gasteiger partial charge in [-0.1, -0.05) is 29.3 Å². The lowest BCUT2D eigenvalue weighted by molar-refractivity contribution is 1.26. The van der Waals surface area contributed by atoms with Crippen molar-refractivity contribution >= 4 is 28.9 Å². The van der Waals surface area contributed by atoms with Crippen LogP contribution in [0.2, 0.25) is 10.0 Å². The van der Waals surface area contributed by atoms with Crippen molar-refractivity contribution in [1.82, 2.24) is 0 Å². The van der Waals surface area contributed by atoms with Crippen LogP contribution in [0.3, 0.4) is 0 Å². The molecule has 0 spiro atoms. The van der Waals surface area contributed by atoms with Crippen LogP contribution >= 0.6 is 23.2 Å². The molecule has 0 saturated carbocycles. The molecule has 0 aromatic heterocycles. The smallest absolute Gasteiger partial charge is 0.0429 e. The molecule has 16 heavy (non-hydrogen) atoms. The van der Waals surface area contributed by atoms with Crippen molar-refractivity contribution in [3.8, 4) is 11.1 Å². The van der Waals surface area contributed by atoms with E-state index in [1.54, 1.807) is 6.07 Å². The maximum Gasteiger partial charge on any atom is 0.0429 e. The molecule has 1 nitrogen and oxygen atoms in total. The first-order valence-electron chi connectivity index (χ1n) is 5.02. The average molecular weight is 250 g/mol. The Hall–Kier alpha value is -1.18. The molecule has 0 amide bonds. The maximum atomic E-state index is 6.01. The van der Waals surface area contributed by atoms with Crippen molar-refractivity contribution < 1.29 is 0 Å². The predicted octanol–water partition coefficient (Wildman–Crippen LogP) is 4.15. The lowest BCUT2D eigenvalue weighted by atomic mass is 10.0. The van der Waals surface area contributed by atoms with Crippen LogP contribution in [0.1, 0.15) is 11.1 Å². The van der Waals surface area contributed by atoms with Gasteiger partial charge in [-0.2, -0.15) is 0 Å². The Balaban J connectivity index is 2.29. The van der Waals surface area contributed by atoms with Gasteiger partial charge < -0.3 is 5.73 Å². The zero-order chi connectivity index (χ0) is 11.3.